The van der Waals surface area contributed by atoms with Gasteiger partial charge in [-0.25, -0.2) is 0 Å². The monoisotopic (exact) mass is 578 g/mol. The van der Waals surface area contributed by atoms with Crippen LogP contribution in [0.25, 0.3) is 0 Å². The van der Waals surface area contributed by atoms with Gasteiger partial charge in [0.05, 0.1) is 11.5 Å². The first kappa shape index (κ1) is 32.1. The van der Waals surface area contributed by atoms with Crippen molar-refractivity contribution in [3.63, 3.8) is 0 Å². The average Bonchev–Trinajstić information content (AvgIpc) is 2.97. The van der Waals surface area contributed by atoms with Crippen molar-refractivity contribution < 1.29 is 19.5 Å². The van der Waals surface area contributed by atoms with E-state index in [0.717, 1.165) is 23.3 Å². The number of hydrogen-bond acceptors (Lipinski definition) is 6. The zero-order valence-electron chi connectivity index (χ0n) is 23.9. The molecule has 3 amide bonds. The van der Waals surface area contributed by atoms with E-state index < -0.39 is 29.3 Å². The molecule has 8 nitrogen and oxygen atoms in total. The third kappa shape index (κ3) is 8.55. The molecule has 9 heteroatoms. The molecule has 0 saturated heterocycles. The summed E-state index contributed by atoms with van der Waals surface area (Å²) in [4.78, 5) is 42.3. The maximum atomic E-state index is 13.7. The molecule has 0 spiro atoms. The number of primary amides is 2. The number of carbonyl (C=O) groups is 3. The summed E-state index contributed by atoms with van der Waals surface area (Å²) in [6, 6.07) is 19.4. The van der Waals surface area contributed by atoms with Crippen molar-refractivity contribution in [2.24, 2.45) is 22.8 Å². The van der Waals surface area contributed by atoms with E-state index in [1.54, 1.807) is 4.90 Å². The first-order valence-corrected chi connectivity index (χ1v) is 15.1. The number of aliphatic hydroxyl groups excluding tert-OH is 1. The predicted octanol–water partition coefficient (Wildman–Crippen LogP) is 3.41. The zero-order valence-corrected chi connectivity index (χ0v) is 24.7. The van der Waals surface area contributed by atoms with E-state index in [1.165, 1.54) is 23.9 Å². The fraction of sp³-hybridized carbons (Fsp3) is 0.406. The Morgan fingerprint density at radius 3 is 2.17 bits per heavy atom. The molecular weight excluding hydrogens is 536 g/mol. The summed E-state index contributed by atoms with van der Waals surface area (Å²) in [5.74, 6) is -2.14. The van der Waals surface area contributed by atoms with Gasteiger partial charge < -0.3 is 26.8 Å². The summed E-state index contributed by atoms with van der Waals surface area (Å²) in [6.45, 7) is 5.76. The third-order valence-electron chi connectivity index (χ3n) is 7.34. The molecule has 0 aromatic heterocycles. The van der Waals surface area contributed by atoms with E-state index in [9.17, 15) is 19.5 Å². The van der Waals surface area contributed by atoms with Crippen molar-refractivity contribution in [2.45, 2.75) is 50.7 Å². The Balaban J connectivity index is 1.99. The van der Waals surface area contributed by atoms with E-state index in [4.69, 9.17) is 11.5 Å². The van der Waals surface area contributed by atoms with E-state index in [-0.39, 0.29) is 24.4 Å². The molecule has 1 aliphatic rings. The Labute approximate surface area is 247 Å². The minimum Gasteiger partial charge on any atom is -0.391 e. The largest absolute Gasteiger partial charge is 0.391 e. The van der Waals surface area contributed by atoms with Crippen molar-refractivity contribution in [3.05, 3.63) is 89.5 Å². The van der Waals surface area contributed by atoms with E-state index >= 15 is 0 Å². The van der Waals surface area contributed by atoms with Gasteiger partial charge in [0.2, 0.25) is 17.7 Å². The van der Waals surface area contributed by atoms with Crippen LogP contribution < -0.4 is 16.8 Å². The van der Waals surface area contributed by atoms with Gasteiger partial charge in [0, 0.05) is 53.9 Å². The second-order valence-corrected chi connectivity index (χ2v) is 11.5. The standard InChI is InChI=1S/C32H42N4O4S/c1-3-15-36(16-4-2)30(39)25-17-24(29(33)38)18-32(19-25,31(34)40)27(22-41-26-13-9-6-10-14-26)28(37)21-35-20-23-11-7-5-8-12-23/h5-14,17-18,27-28,35,37H,3-4,15-16,19-22H2,1-2H3,(H2,33,38)(H2,34,40)/t27-,28-,32?/m0/s1. The summed E-state index contributed by atoms with van der Waals surface area (Å²) in [5, 5.41) is 14.9. The van der Waals surface area contributed by atoms with Crippen molar-refractivity contribution in [1.29, 1.82) is 0 Å². The zero-order chi connectivity index (χ0) is 29.8. The van der Waals surface area contributed by atoms with Crippen LogP contribution in [-0.4, -0.2) is 59.2 Å². The van der Waals surface area contributed by atoms with Crippen LogP contribution in [0.5, 0.6) is 0 Å². The number of amides is 3. The lowest BCUT2D eigenvalue weighted by Crippen LogP contribution is -2.52. The van der Waals surface area contributed by atoms with Gasteiger partial charge in [-0.3, -0.25) is 14.4 Å². The first-order chi connectivity index (χ1) is 19.7. The van der Waals surface area contributed by atoms with Crippen LogP contribution in [0.3, 0.4) is 0 Å². The lowest BCUT2D eigenvalue weighted by molar-refractivity contribution is -0.131. The quantitative estimate of drug-likeness (QED) is 0.225. The molecular formula is C32H42N4O4S. The molecule has 0 bridgehead atoms. The molecule has 6 N–H and O–H groups in total. The Morgan fingerprint density at radius 2 is 1.61 bits per heavy atom. The summed E-state index contributed by atoms with van der Waals surface area (Å²) in [6.07, 6.45) is 3.43. The average molecular weight is 579 g/mol. The van der Waals surface area contributed by atoms with Crippen molar-refractivity contribution in [1.82, 2.24) is 10.2 Å². The van der Waals surface area contributed by atoms with Crippen LogP contribution in [0.15, 0.2) is 88.9 Å². The molecule has 1 unspecified atom stereocenters. The van der Waals surface area contributed by atoms with Crippen LogP contribution in [0, 0.1) is 11.3 Å². The summed E-state index contributed by atoms with van der Waals surface area (Å²) >= 11 is 1.48. The topological polar surface area (TPSA) is 139 Å². The highest BCUT2D eigenvalue weighted by molar-refractivity contribution is 7.99. The lowest BCUT2D eigenvalue weighted by Gasteiger charge is -2.41. The third-order valence-corrected chi connectivity index (χ3v) is 8.47. The maximum Gasteiger partial charge on any atom is 0.249 e. The van der Waals surface area contributed by atoms with Gasteiger partial charge in [-0.05, 0) is 43.0 Å². The normalized spacial score (nSPS) is 18.1. The van der Waals surface area contributed by atoms with Crippen molar-refractivity contribution in [2.75, 3.05) is 25.4 Å². The number of benzene rings is 2. The molecule has 220 valence electrons. The second kappa shape index (κ2) is 15.6. The molecule has 2 aromatic carbocycles. The van der Waals surface area contributed by atoms with Gasteiger partial charge in [-0.15, -0.1) is 11.8 Å². The molecule has 0 saturated carbocycles. The van der Waals surface area contributed by atoms with Crippen LogP contribution in [0.2, 0.25) is 0 Å². The van der Waals surface area contributed by atoms with Gasteiger partial charge in [-0.2, -0.15) is 0 Å². The molecule has 3 rings (SSSR count). The smallest absolute Gasteiger partial charge is 0.249 e. The Kier molecular flexibility index (Phi) is 12.2. The summed E-state index contributed by atoms with van der Waals surface area (Å²) in [5.41, 5.74) is 11.7. The summed E-state index contributed by atoms with van der Waals surface area (Å²) in [7, 11) is 0. The maximum absolute atomic E-state index is 13.7. The highest BCUT2D eigenvalue weighted by Gasteiger charge is 2.49. The molecule has 2 aromatic rings. The first-order valence-electron chi connectivity index (χ1n) is 14.1. The van der Waals surface area contributed by atoms with Crippen LogP contribution in [0.4, 0.5) is 0 Å². The van der Waals surface area contributed by atoms with Gasteiger partial charge >= 0.3 is 0 Å². The van der Waals surface area contributed by atoms with Gasteiger partial charge in [0.25, 0.3) is 0 Å². The number of aliphatic hydroxyl groups is 1. The number of nitrogens with zero attached hydrogens (tertiary/aromatic N) is 1. The van der Waals surface area contributed by atoms with Gasteiger partial charge in [0.1, 0.15) is 0 Å². The van der Waals surface area contributed by atoms with E-state index in [1.807, 2.05) is 74.5 Å². The number of nitrogens with two attached hydrogens (primary N) is 2. The number of nitrogens with one attached hydrogen (secondary N) is 1. The molecule has 3 atom stereocenters. The number of thioether (sulfide) groups is 1. The highest BCUT2D eigenvalue weighted by Crippen LogP contribution is 2.45. The molecule has 0 heterocycles. The minimum atomic E-state index is -1.51. The Hall–Kier alpha value is -3.40. The molecule has 1 aliphatic carbocycles. The number of hydrogen-bond donors (Lipinski definition) is 4. The van der Waals surface area contributed by atoms with Crippen LogP contribution in [-0.2, 0) is 20.9 Å². The SMILES string of the molecule is CCCN(CCC)C(=O)C1=CC(C(N)=O)=CC(C(N)=O)([C@@H](CSc2ccccc2)[C@@H](O)CNCc2ccccc2)C1. The fourth-order valence-electron chi connectivity index (χ4n) is 5.25. The Morgan fingerprint density at radius 1 is 1.00 bits per heavy atom. The predicted molar refractivity (Wildman–Crippen MR) is 164 cm³/mol. The molecule has 0 aliphatic heterocycles. The van der Waals surface area contributed by atoms with Crippen LogP contribution >= 0.6 is 11.8 Å². The molecule has 0 radical (unpaired) electrons. The minimum absolute atomic E-state index is 0.0301. The van der Waals surface area contributed by atoms with Gasteiger partial charge in [0.15, 0.2) is 0 Å². The summed E-state index contributed by atoms with van der Waals surface area (Å²) < 4.78 is 0. The highest BCUT2D eigenvalue weighted by atomic mass is 32.2. The van der Waals surface area contributed by atoms with Crippen LogP contribution in [0.1, 0.15) is 38.7 Å². The van der Waals surface area contributed by atoms with Crippen molar-refractivity contribution in [3.8, 4) is 0 Å². The van der Waals surface area contributed by atoms with Gasteiger partial charge in [-0.1, -0.05) is 68.5 Å². The molecule has 0 fully saturated rings. The van der Waals surface area contributed by atoms with Crippen molar-refractivity contribution >= 4 is 29.5 Å². The second-order valence-electron chi connectivity index (χ2n) is 10.4. The number of rotatable bonds is 16. The van der Waals surface area contributed by atoms with E-state index in [2.05, 4.69) is 5.32 Å². The fourth-order valence-corrected chi connectivity index (χ4v) is 6.49. The molecule has 41 heavy (non-hydrogen) atoms. The number of carbonyl (C=O) groups excluding carboxylic acids is 3. The Bertz CT molecular complexity index is 1230. The lowest BCUT2D eigenvalue weighted by atomic mass is 9.65. The van der Waals surface area contributed by atoms with E-state index in [0.29, 0.717) is 31.0 Å².